The summed E-state index contributed by atoms with van der Waals surface area (Å²) in [5, 5.41) is 8.41. The molecule has 3 aromatic carbocycles. The highest BCUT2D eigenvalue weighted by atomic mass is 16.5. The van der Waals surface area contributed by atoms with Crippen molar-refractivity contribution in [3.8, 4) is 0 Å². The zero-order valence-electron chi connectivity index (χ0n) is 30.0. The van der Waals surface area contributed by atoms with E-state index < -0.39 is 23.9 Å². The summed E-state index contributed by atoms with van der Waals surface area (Å²) in [4.78, 5) is 63.3. The number of hydrogen-bond donors (Lipinski definition) is 4. The van der Waals surface area contributed by atoms with Crippen molar-refractivity contribution in [2.45, 2.75) is 58.7 Å². The minimum absolute atomic E-state index is 0.0607. The number of anilines is 1. The third-order valence-corrected chi connectivity index (χ3v) is 8.43. The van der Waals surface area contributed by atoms with Gasteiger partial charge in [-0.2, -0.15) is 0 Å². The summed E-state index contributed by atoms with van der Waals surface area (Å²) in [5.41, 5.74) is 11.1. The third kappa shape index (κ3) is 11.1. The average Bonchev–Trinajstić information content (AvgIpc) is 3.34. The number of fused-ring (bicyclic) bond motifs is 1. The lowest BCUT2D eigenvalue weighted by molar-refractivity contribution is -0.127. The Bertz CT molecular complexity index is 1960. The maximum atomic E-state index is 13.4. The number of carbonyl (C=O) groups excluding carboxylic acids is 4. The Morgan fingerprint density at radius 3 is 2.26 bits per heavy atom. The van der Waals surface area contributed by atoms with Crippen LogP contribution >= 0.6 is 0 Å². The Morgan fingerprint density at radius 2 is 1.57 bits per heavy atom. The smallest absolute Gasteiger partial charge is 0.408 e. The normalized spacial score (nSPS) is 12.6. The van der Waals surface area contributed by atoms with Gasteiger partial charge < -0.3 is 31.3 Å². The molecule has 2 heterocycles. The SMILES string of the molecule is CCCN(CCC)C(=O)C1=Cc2ccc(C(=O)Nc3cncc(CNC(=O)[C@H](Cc4ccccc4)NC(=O)OCc4ccccc4)c3)cc2N=C(N)C1. The first kappa shape index (κ1) is 37.9. The van der Waals surface area contributed by atoms with Gasteiger partial charge in [0, 0.05) is 55.4 Å². The minimum atomic E-state index is -0.905. The number of aromatic nitrogens is 1. The molecule has 0 fully saturated rings. The van der Waals surface area contributed by atoms with E-state index in [2.05, 4.69) is 25.9 Å². The molecule has 0 unspecified atom stereocenters. The second-order valence-corrected chi connectivity index (χ2v) is 12.7. The predicted octanol–water partition coefficient (Wildman–Crippen LogP) is 5.91. The summed E-state index contributed by atoms with van der Waals surface area (Å²) in [5.74, 6) is -0.577. The molecule has 53 heavy (non-hydrogen) atoms. The van der Waals surface area contributed by atoms with Crippen molar-refractivity contribution in [2.75, 3.05) is 18.4 Å². The summed E-state index contributed by atoms with van der Waals surface area (Å²) in [6.07, 6.45) is 6.35. The molecule has 4 aromatic rings. The fourth-order valence-electron chi connectivity index (χ4n) is 5.86. The number of hydrogen-bond acceptors (Lipinski definition) is 8. The van der Waals surface area contributed by atoms with Crippen LogP contribution in [-0.2, 0) is 33.9 Å². The number of carbonyl (C=O) groups is 4. The van der Waals surface area contributed by atoms with Gasteiger partial charge in [-0.25, -0.2) is 9.79 Å². The molecule has 12 nitrogen and oxygen atoms in total. The molecule has 1 atom stereocenters. The third-order valence-electron chi connectivity index (χ3n) is 8.43. The molecule has 0 saturated heterocycles. The fourth-order valence-corrected chi connectivity index (χ4v) is 5.86. The van der Waals surface area contributed by atoms with Crippen molar-refractivity contribution in [3.05, 3.63) is 131 Å². The number of nitrogens with two attached hydrogens (primary N) is 1. The molecule has 0 spiro atoms. The molecule has 0 bridgehead atoms. The summed E-state index contributed by atoms with van der Waals surface area (Å²) in [6, 6.07) is 24.5. The number of aliphatic imine (C=N–C) groups is 1. The number of rotatable bonds is 15. The first-order chi connectivity index (χ1) is 25.7. The predicted molar refractivity (Wildman–Crippen MR) is 205 cm³/mol. The Labute approximate surface area is 309 Å². The molecule has 1 aromatic heterocycles. The molecular weight excluding hydrogens is 670 g/mol. The standard InChI is InChI=1S/C41H45N7O5/c1-3-17-48(18-4-2)40(51)33-21-31-15-16-32(22-35(31)46-37(42)23-33)38(49)45-34-19-30(24-43-26-34)25-44-39(50)36(20-28-11-7-5-8-12-28)47-41(52)53-27-29-13-9-6-10-14-29/h5-16,19,21-22,24,26,36H,3-4,17-18,20,23,25,27H2,1-2H3,(H2,42,46)(H,44,50)(H,45,49)(H,47,52)/t36-/m0/s1. The number of ether oxygens (including phenoxy) is 1. The van der Waals surface area contributed by atoms with Gasteiger partial charge in [-0.3, -0.25) is 19.4 Å². The van der Waals surface area contributed by atoms with Gasteiger partial charge in [-0.1, -0.05) is 80.6 Å². The van der Waals surface area contributed by atoms with Crippen molar-refractivity contribution in [2.24, 2.45) is 10.7 Å². The summed E-state index contributed by atoms with van der Waals surface area (Å²) in [6.45, 7) is 5.56. The van der Waals surface area contributed by atoms with Crippen molar-refractivity contribution in [1.29, 1.82) is 0 Å². The van der Waals surface area contributed by atoms with Gasteiger partial charge in [0.1, 0.15) is 18.5 Å². The van der Waals surface area contributed by atoms with Gasteiger partial charge in [0.25, 0.3) is 5.91 Å². The van der Waals surface area contributed by atoms with E-state index in [4.69, 9.17) is 10.5 Å². The van der Waals surface area contributed by atoms with Crippen LogP contribution in [0.15, 0.2) is 108 Å². The highest BCUT2D eigenvalue weighted by Crippen LogP contribution is 2.29. The van der Waals surface area contributed by atoms with Crippen LogP contribution in [0.4, 0.5) is 16.2 Å². The molecule has 5 rings (SSSR count). The van der Waals surface area contributed by atoms with E-state index in [1.165, 1.54) is 6.20 Å². The van der Waals surface area contributed by atoms with Gasteiger partial charge in [0.05, 0.1) is 17.6 Å². The van der Waals surface area contributed by atoms with Crippen LogP contribution in [0.5, 0.6) is 0 Å². The maximum absolute atomic E-state index is 13.4. The number of amidine groups is 1. The second kappa shape index (κ2) is 18.8. The second-order valence-electron chi connectivity index (χ2n) is 12.7. The molecule has 12 heteroatoms. The first-order valence-electron chi connectivity index (χ1n) is 17.7. The molecule has 5 N–H and O–H groups in total. The lowest BCUT2D eigenvalue weighted by atomic mass is 10.0. The fraction of sp³-hybridized carbons (Fsp3) is 0.268. The van der Waals surface area contributed by atoms with E-state index in [-0.39, 0.29) is 37.7 Å². The van der Waals surface area contributed by atoms with Crippen LogP contribution in [0.25, 0.3) is 6.08 Å². The number of nitrogens with one attached hydrogen (secondary N) is 3. The lowest BCUT2D eigenvalue weighted by Gasteiger charge is -2.22. The molecule has 0 saturated carbocycles. The highest BCUT2D eigenvalue weighted by molar-refractivity contribution is 6.08. The Kier molecular flexibility index (Phi) is 13.5. The van der Waals surface area contributed by atoms with E-state index >= 15 is 0 Å². The maximum Gasteiger partial charge on any atom is 0.408 e. The van der Waals surface area contributed by atoms with Crippen LogP contribution in [0.1, 0.15) is 65.7 Å². The largest absolute Gasteiger partial charge is 0.445 e. The topological polar surface area (TPSA) is 168 Å². The van der Waals surface area contributed by atoms with Crippen LogP contribution in [0, 0.1) is 0 Å². The summed E-state index contributed by atoms with van der Waals surface area (Å²) < 4.78 is 5.37. The zero-order valence-corrected chi connectivity index (χ0v) is 30.0. The summed E-state index contributed by atoms with van der Waals surface area (Å²) in [7, 11) is 0. The van der Waals surface area contributed by atoms with E-state index in [0.717, 1.165) is 24.0 Å². The Morgan fingerprint density at radius 1 is 0.868 bits per heavy atom. The summed E-state index contributed by atoms with van der Waals surface area (Å²) >= 11 is 0. The van der Waals surface area contributed by atoms with Gasteiger partial charge in [-0.15, -0.1) is 0 Å². The van der Waals surface area contributed by atoms with Gasteiger partial charge >= 0.3 is 6.09 Å². The average molecular weight is 716 g/mol. The van der Waals surface area contributed by atoms with E-state index in [1.807, 2.05) is 79.4 Å². The van der Waals surface area contributed by atoms with E-state index in [1.54, 1.807) is 36.5 Å². The van der Waals surface area contributed by atoms with Crippen molar-refractivity contribution in [1.82, 2.24) is 20.5 Å². The number of benzene rings is 3. The molecule has 1 aliphatic heterocycles. The van der Waals surface area contributed by atoms with Crippen LogP contribution < -0.4 is 21.7 Å². The van der Waals surface area contributed by atoms with Crippen LogP contribution in [0.3, 0.4) is 0 Å². The van der Waals surface area contributed by atoms with Crippen LogP contribution in [-0.4, -0.2) is 58.7 Å². The zero-order chi connectivity index (χ0) is 37.6. The van der Waals surface area contributed by atoms with Gasteiger partial charge in [0.15, 0.2) is 0 Å². The van der Waals surface area contributed by atoms with Crippen molar-refractivity contribution >= 4 is 47.1 Å². The van der Waals surface area contributed by atoms with Gasteiger partial charge in [-0.05, 0) is 53.8 Å². The molecule has 0 radical (unpaired) electrons. The quantitative estimate of drug-likeness (QED) is 0.119. The first-order valence-corrected chi connectivity index (χ1v) is 17.7. The molecular formula is C41H45N7O5. The number of amides is 4. The molecule has 0 aliphatic carbocycles. The van der Waals surface area contributed by atoms with Gasteiger partial charge in [0.2, 0.25) is 11.8 Å². The number of nitrogens with zero attached hydrogens (tertiary/aromatic N) is 3. The van der Waals surface area contributed by atoms with Crippen molar-refractivity contribution in [3.63, 3.8) is 0 Å². The highest BCUT2D eigenvalue weighted by Gasteiger charge is 2.23. The number of alkyl carbamates (subject to hydrolysis) is 1. The molecule has 1 aliphatic rings. The van der Waals surface area contributed by atoms with Crippen molar-refractivity contribution < 1.29 is 23.9 Å². The lowest BCUT2D eigenvalue weighted by Crippen LogP contribution is -2.48. The van der Waals surface area contributed by atoms with E-state index in [9.17, 15) is 19.2 Å². The number of pyridine rings is 1. The molecule has 4 amide bonds. The monoisotopic (exact) mass is 715 g/mol. The Hall–Kier alpha value is -6.30. The van der Waals surface area contributed by atoms with Crippen LogP contribution in [0.2, 0.25) is 0 Å². The molecule has 274 valence electrons. The minimum Gasteiger partial charge on any atom is -0.445 e. The van der Waals surface area contributed by atoms with E-state index in [0.29, 0.717) is 46.7 Å². The Balaban J connectivity index is 1.22.